The van der Waals surface area contributed by atoms with Crippen LogP contribution in [0.15, 0.2) is 0 Å². The van der Waals surface area contributed by atoms with Gasteiger partial charge in [-0.15, -0.1) is 0 Å². The molecule has 0 aliphatic heterocycles. The Morgan fingerprint density at radius 2 is 1.14 bits per heavy atom. The summed E-state index contributed by atoms with van der Waals surface area (Å²) in [5, 5.41) is 0. The van der Waals surface area contributed by atoms with Gasteiger partial charge in [0, 0.05) is 0 Å². The maximum absolute atomic E-state index is 8.88. The van der Waals surface area contributed by atoms with Crippen molar-refractivity contribution in [1.82, 2.24) is 6.15 Å². The van der Waals surface area contributed by atoms with Crippen LogP contribution < -0.4 is 6.15 Å². The van der Waals surface area contributed by atoms with Gasteiger partial charge in [-0.05, 0) is 11.0 Å². The fraction of sp³-hybridized carbons (Fsp3) is 0. The van der Waals surface area contributed by atoms with Gasteiger partial charge in [0.15, 0.2) is 0 Å². The maximum atomic E-state index is 8.88. The molecule has 0 aliphatic carbocycles. The first-order valence-electron chi connectivity index (χ1n) is 0.783. The van der Waals surface area contributed by atoms with E-state index in [0.29, 0.717) is 0 Å². The van der Waals surface area contributed by atoms with Crippen molar-refractivity contribution in [1.29, 1.82) is 0 Å². The Morgan fingerprint density at radius 3 is 1.14 bits per heavy atom. The summed E-state index contributed by atoms with van der Waals surface area (Å²) in [6.45, 7) is 0. The van der Waals surface area contributed by atoms with E-state index in [1.165, 1.54) is 0 Å². The molecule has 0 aromatic rings. The quantitative estimate of drug-likeness (QED) is 0.229. The molecule has 7 heteroatoms. The van der Waals surface area contributed by atoms with Crippen LogP contribution in [0.4, 0.5) is 0 Å². The molecule has 0 saturated heterocycles. The zero-order valence-corrected chi connectivity index (χ0v) is 3.80. The van der Waals surface area contributed by atoms with Crippen LogP contribution in [0.5, 0.6) is 0 Å². The Balaban J connectivity index is -0.0000000800. The molecule has 48 valence electrons. The lowest BCUT2D eigenvalue weighted by Crippen LogP contribution is -1.66. The number of rotatable bonds is 0. The minimum atomic E-state index is -4.64. The van der Waals surface area contributed by atoms with Crippen molar-refractivity contribution in [3.8, 4) is 0 Å². The number of hydrogen-bond acceptors (Lipinski definition) is 2. The second-order valence-corrected chi connectivity index (χ2v) is 1.54. The smallest absolute Gasteiger partial charge is 0.344 e. The van der Waals surface area contributed by atoms with E-state index in [-0.39, 0.29) is 17.1 Å². The van der Waals surface area contributed by atoms with Crippen LogP contribution in [0.25, 0.3) is 0 Å². The number of phosphoric acid groups is 1. The molecule has 0 rings (SSSR count). The van der Waals surface area contributed by atoms with E-state index in [1.54, 1.807) is 0 Å². The van der Waals surface area contributed by atoms with Crippen molar-refractivity contribution in [2.75, 3.05) is 0 Å². The van der Waals surface area contributed by atoms with Crippen molar-refractivity contribution in [3.05, 3.63) is 0 Å². The van der Waals surface area contributed by atoms with Gasteiger partial charge in [-0.25, -0.2) is 4.57 Å². The van der Waals surface area contributed by atoms with Crippen LogP contribution in [0.3, 0.4) is 0 Å². The van der Waals surface area contributed by atoms with Crippen molar-refractivity contribution in [3.63, 3.8) is 0 Å². The fourth-order valence-electron chi connectivity index (χ4n) is 0. The third-order valence-corrected chi connectivity index (χ3v) is 0. The van der Waals surface area contributed by atoms with Gasteiger partial charge in [-0.3, -0.25) is 0 Å². The molecule has 0 amide bonds. The van der Waals surface area contributed by atoms with E-state index in [1.807, 2.05) is 0 Å². The van der Waals surface area contributed by atoms with Gasteiger partial charge >= 0.3 is 7.82 Å². The second kappa shape index (κ2) is 4.45. The first-order valence-corrected chi connectivity index (χ1v) is 2.35. The molecule has 0 aromatic carbocycles. The maximum Gasteiger partial charge on any atom is 0.466 e. The van der Waals surface area contributed by atoms with E-state index in [9.17, 15) is 0 Å². The highest BCUT2D eigenvalue weighted by atomic mass is 31.2. The van der Waals surface area contributed by atoms with E-state index < -0.39 is 7.82 Å². The van der Waals surface area contributed by atoms with Crippen LogP contribution >= 0.6 is 7.82 Å². The average Bonchev–Trinajstić information content (AvgIpc) is 0.722. The highest BCUT2D eigenvalue weighted by Gasteiger charge is 2.00. The van der Waals surface area contributed by atoms with Crippen molar-refractivity contribution >= 4 is 18.8 Å². The molecule has 6 N–H and O–H groups in total. The topological polar surface area (TPSA) is 113 Å². The van der Waals surface area contributed by atoms with E-state index in [0.717, 1.165) is 0 Å². The molecule has 0 saturated carbocycles. The number of hydrogen-bond donors (Lipinski definition) is 4. The third-order valence-electron chi connectivity index (χ3n) is 0. The van der Waals surface area contributed by atoms with Crippen LogP contribution in [0.1, 0.15) is 0 Å². The summed E-state index contributed by atoms with van der Waals surface area (Å²) in [6.07, 6.45) is 0. The lowest BCUT2D eigenvalue weighted by Gasteiger charge is -1.82. The molecule has 0 bridgehead atoms. The second-order valence-electron chi connectivity index (χ2n) is 0.513. The van der Waals surface area contributed by atoms with Gasteiger partial charge < -0.3 is 20.8 Å². The molecule has 0 spiro atoms. The lowest BCUT2D eigenvalue weighted by molar-refractivity contribution is 0.275. The minimum absolute atomic E-state index is 0. The first kappa shape index (κ1) is 15.7. The van der Waals surface area contributed by atoms with Gasteiger partial charge in [0.1, 0.15) is 0 Å². The highest BCUT2D eigenvalue weighted by Crippen LogP contribution is 2.25. The highest BCUT2D eigenvalue weighted by molar-refractivity contribution is 7.45. The Hall–Kier alpha value is 0.287. The molecule has 0 aliphatic rings. The van der Waals surface area contributed by atoms with Gasteiger partial charge in [-0.2, -0.15) is 0 Å². The molecule has 0 heterocycles. The summed E-state index contributed by atoms with van der Waals surface area (Å²) in [5.74, 6) is 0. The van der Waals surface area contributed by atoms with Crippen LogP contribution in [-0.2, 0) is 4.57 Å². The normalized spacial score (nSPS) is 8.43. The van der Waals surface area contributed by atoms with Crippen LogP contribution in [0.2, 0.25) is 0 Å². The zero-order valence-electron chi connectivity index (χ0n) is 2.90. The molecule has 5 nitrogen and oxygen atoms in total. The largest absolute Gasteiger partial charge is 0.466 e. The standard InChI is InChI=1S/H3N.H3O4P.H4Si/c;1-5(2,3)4;/h1H3;(H3,1,2,3,4);1H4. The summed E-state index contributed by atoms with van der Waals surface area (Å²) < 4.78 is 8.88. The summed E-state index contributed by atoms with van der Waals surface area (Å²) in [4.78, 5) is 21.6. The predicted octanol–water partition coefficient (Wildman–Crippen LogP) is -2.22. The molecule has 0 atom stereocenters. The summed E-state index contributed by atoms with van der Waals surface area (Å²) in [6, 6.07) is 0. The van der Waals surface area contributed by atoms with E-state index in [2.05, 4.69) is 0 Å². The fourth-order valence-corrected chi connectivity index (χ4v) is 0. The zero-order chi connectivity index (χ0) is 4.50. The Kier molecular flexibility index (Phi) is 9.95. The van der Waals surface area contributed by atoms with Gasteiger partial charge in [0.2, 0.25) is 0 Å². The Labute approximate surface area is 45.2 Å². The van der Waals surface area contributed by atoms with E-state index >= 15 is 0 Å². The van der Waals surface area contributed by atoms with Gasteiger partial charge in [0.05, 0.1) is 0 Å². The Morgan fingerprint density at radius 1 is 1.14 bits per heavy atom. The predicted molar refractivity (Wildman–Crippen MR) is 30.6 cm³/mol. The van der Waals surface area contributed by atoms with E-state index in [4.69, 9.17) is 19.2 Å². The lowest BCUT2D eigenvalue weighted by atomic mass is 14.0. The van der Waals surface area contributed by atoms with Crippen LogP contribution in [0, 0.1) is 0 Å². The molecule has 0 aromatic heterocycles. The first-order chi connectivity index (χ1) is 2.00. The van der Waals surface area contributed by atoms with Crippen molar-refractivity contribution in [2.45, 2.75) is 0 Å². The third kappa shape index (κ3) is 1400. The average molecular weight is 147 g/mol. The molecule has 0 unspecified atom stereocenters. The SMILES string of the molecule is N.O=P(O)(O)O.[SiH4]. The van der Waals surface area contributed by atoms with Gasteiger partial charge in [0.25, 0.3) is 0 Å². The summed E-state index contributed by atoms with van der Waals surface area (Å²) in [5.41, 5.74) is 0. The molecule has 0 radical (unpaired) electrons. The molecular formula is H10NO4PSi. The van der Waals surface area contributed by atoms with Crippen molar-refractivity contribution < 1.29 is 19.2 Å². The summed E-state index contributed by atoms with van der Waals surface area (Å²) in [7, 11) is -4.64. The summed E-state index contributed by atoms with van der Waals surface area (Å²) >= 11 is 0. The van der Waals surface area contributed by atoms with Crippen LogP contribution in [-0.4, -0.2) is 25.6 Å². The molecule has 7 heavy (non-hydrogen) atoms. The monoisotopic (exact) mass is 147 g/mol. The molecular weight excluding hydrogens is 137 g/mol. The van der Waals surface area contributed by atoms with Crippen molar-refractivity contribution in [2.24, 2.45) is 0 Å². The Bertz CT molecular complexity index is 57.8. The minimum Gasteiger partial charge on any atom is -0.344 e. The molecule has 0 fully saturated rings. The van der Waals surface area contributed by atoms with Gasteiger partial charge in [-0.1, -0.05) is 0 Å².